The molecule has 0 atom stereocenters. The molecule has 6 heteroatoms. The maximum atomic E-state index is 8.81. The Labute approximate surface area is 136 Å². The number of benzene rings is 1. The lowest BCUT2D eigenvalue weighted by Gasteiger charge is -2.06. The summed E-state index contributed by atoms with van der Waals surface area (Å²) in [5, 5.41) is 12.0. The molecular weight excluding hydrogens is 318 g/mol. The van der Waals surface area contributed by atoms with Crippen molar-refractivity contribution >= 4 is 22.9 Å². The predicted octanol–water partition coefficient (Wildman–Crippen LogP) is 4.31. The minimum absolute atomic E-state index is 0.314. The first-order chi connectivity index (χ1) is 10.8. The van der Waals surface area contributed by atoms with E-state index >= 15 is 0 Å². The molecule has 1 aromatic carbocycles. The average Bonchev–Trinajstić information content (AvgIpc) is 3.03. The summed E-state index contributed by atoms with van der Waals surface area (Å²) in [4.78, 5) is 8.76. The zero-order chi connectivity index (χ0) is 15.4. The topological polar surface area (TPSA) is 58.8 Å². The highest BCUT2D eigenvalue weighted by Crippen LogP contribution is 2.27. The fourth-order valence-corrected chi connectivity index (χ4v) is 2.83. The van der Waals surface area contributed by atoms with E-state index in [0.29, 0.717) is 22.9 Å². The van der Waals surface area contributed by atoms with Crippen molar-refractivity contribution in [2.75, 3.05) is 0 Å². The van der Waals surface area contributed by atoms with Crippen LogP contribution < -0.4 is 4.74 Å². The normalized spacial score (nSPS) is 10.2. The van der Waals surface area contributed by atoms with Crippen molar-refractivity contribution in [3.8, 4) is 22.5 Å². The maximum absolute atomic E-state index is 8.81. The molecule has 0 bridgehead atoms. The third-order valence-corrected chi connectivity index (χ3v) is 4.08. The summed E-state index contributed by atoms with van der Waals surface area (Å²) >= 11 is 7.59. The van der Waals surface area contributed by atoms with Crippen molar-refractivity contribution < 1.29 is 4.74 Å². The van der Waals surface area contributed by atoms with E-state index in [2.05, 4.69) is 9.97 Å². The summed E-state index contributed by atoms with van der Waals surface area (Å²) in [6.07, 6.45) is 1.74. The predicted molar refractivity (Wildman–Crippen MR) is 85.8 cm³/mol. The zero-order valence-corrected chi connectivity index (χ0v) is 12.9. The molecule has 2 aromatic heterocycles. The molecule has 0 unspecified atom stereocenters. The number of pyridine rings is 1. The van der Waals surface area contributed by atoms with E-state index in [1.165, 1.54) is 11.3 Å². The molecule has 0 amide bonds. The summed E-state index contributed by atoms with van der Waals surface area (Å²) in [5.74, 6) is 0.535. The van der Waals surface area contributed by atoms with Gasteiger partial charge in [-0.15, -0.1) is 11.3 Å². The van der Waals surface area contributed by atoms with E-state index < -0.39 is 0 Å². The molecule has 3 aromatic rings. The van der Waals surface area contributed by atoms with Crippen LogP contribution in [-0.4, -0.2) is 9.97 Å². The van der Waals surface area contributed by atoms with Crippen molar-refractivity contribution in [3.63, 3.8) is 0 Å². The van der Waals surface area contributed by atoms with Gasteiger partial charge in [0.15, 0.2) is 0 Å². The van der Waals surface area contributed by atoms with Crippen LogP contribution in [0, 0.1) is 11.3 Å². The molecule has 0 radical (unpaired) electrons. The Morgan fingerprint density at radius 2 is 2.18 bits per heavy atom. The third kappa shape index (κ3) is 3.25. The van der Waals surface area contributed by atoms with Crippen molar-refractivity contribution in [1.29, 1.82) is 5.26 Å². The number of hydrogen-bond donors (Lipinski definition) is 0. The summed E-state index contributed by atoms with van der Waals surface area (Å²) in [6.45, 7) is 0.314. The van der Waals surface area contributed by atoms with Crippen LogP contribution in [0.1, 0.15) is 11.3 Å². The molecule has 0 fully saturated rings. The molecule has 0 saturated heterocycles. The van der Waals surface area contributed by atoms with Gasteiger partial charge in [-0.1, -0.05) is 17.7 Å². The molecule has 4 nitrogen and oxygen atoms in total. The summed E-state index contributed by atoms with van der Waals surface area (Å²) < 4.78 is 5.65. The van der Waals surface area contributed by atoms with Crippen LogP contribution >= 0.6 is 22.9 Å². The van der Waals surface area contributed by atoms with Gasteiger partial charge in [-0.25, -0.2) is 4.98 Å². The van der Waals surface area contributed by atoms with Crippen molar-refractivity contribution in [3.05, 3.63) is 64.3 Å². The second-order valence-electron chi connectivity index (χ2n) is 4.40. The van der Waals surface area contributed by atoms with Gasteiger partial charge >= 0.3 is 0 Å². The molecule has 0 saturated carbocycles. The highest BCUT2D eigenvalue weighted by molar-refractivity contribution is 7.13. The molecule has 3 rings (SSSR count). The summed E-state index contributed by atoms with van der Waals surface area (Å²) in [5.41, 5.74) is 2.16. The Morgan fingerprint density at radius 1 is 1.27 bits per heavy atom. The Morgan fingerprint density at radius 3 is 2.91 bits per heavy atom. The van der Waals surface area contributed by atoms with E-state index in [1.807, 2.05) is 29.6 Å². The van der Waals surface area contributed by atoms with E-state index in [9.17, 15) is 0 Å². The third-order valence-electron chi connectivity index (χ3n) is 2.87. The summed E-state index contributed by atoms with van der Waals surface area (Å²) in [6, 6.07) is 12.7. The minimum Gasteiger partial charge on any atom is -0.486 e. The van der Waals surface area contributed by atoms with Gasteiger partial charge in [0.25, 0.3) is 0 Å². The second kappa shape index (κ2) is 6.56. The first-order valence-corrected chi connectivity index (χ1v) is 7.70. The molecule has 0 spiro atoms. The smallest absolute Gasteiger partial charge is 0.142 e. The van der Waals surface area contributed by atoms with Crippen LogP contribution in [0.15, 0.2) is 48.0 Å². The van der Waals surface area contributed by atoms with Gasteiger partial charge in [0.1, 0.15) is 17.4 Å². The first kappa shape index (κ1) is 14.5. The van der Waals surface area contributed by atoms with E-state index in [0.717, 1.165) is 16.4 Å². The van der Waals surface area contributed by atoms with Gasteiger partial charge in [-0.05, 0) is 30.3 Å². The largest absolute Gasteiger partial charge is 0.486 e. The zero-order valence-electron chi connectivity index (χ0n) is 11.4. The standard InChI is InChI=1S/C16H10ClN3OS/c17-13-7-11(8-18)4-5-15(13)21-9-12-10-22-16(20-12)14-3-1-2-6-19-14/h1-7,10H,9H2. The highest BCUT2D eigenvalue weighted by atomic mass is 35.5. The SMILES string of the molecule is N#Cc1ccc(OCc2csc(-c3ccccn3)n2)c(Cl)c1. The van der Waals surface area contributed by atoms with Gasteiger partial charge in [0.2, 0.25) is 0 Å². The van der Waals surface area contributed by atoms with Crippen LogP contribution in [-0.2, 0) is 6.61 Å². The Bertz CT molecular complexity index is 827. The van der Waals surface area contributed by atoms with Gasteiger partial charge in [0, 0.05) is 11.6 Å². The fraction of sp³-hybridized carbons (Fsp3) is 0.0625. The number of nitrogens with zero attached hydrogens (tertiary/aromatic N) is 3. The van der Waals surface area contributed by atoms with Crippen LogP contribution in [0.2, 0.25) is 5.02 Å². The number of hydrogen-bond acceptors (Lipinski definition) is 5. The molecule has 0 aliphatic rings. The average molecular weight is 328 g/mol. The summed E-state index contributed by atoms with van der Waals surface area (Å²) in [7, 11) is 0. The molecule has 0 aliphatic heterocycles. The van der Waals surface area contributed by atoms with Crippen LogP contribution in [0.4, 0.5) is 0 Å². The van der Waals surface area contributed by atoms with Crippen molar-refractivity contribution in [1.82, 2.24) is 9.97 Å². The molecular formula is C16H10ClN3OS. The number of halogens is 1. The number of rotatable bonds is 4. The quantitative estimate of drug-likeness (QED) is 0.716. The van der Waals surface area contributed by atoms with Gasteiger partial charge in [-0.3, -0.25) is 4.98 Å². The molecule has 0 aliphatic carbocycles. The Balaban J connectivity index is 1.70. The van der Waals surface area contributed by atoms with E-state index in [-0.39, 0.29) is 0 Å². The van der Waals surface area contributed by atoms with Crippen LogP contribution in [0.25, 0.3) is 10.7 Å². The number of ether oxygens (including phenoxy) is 1. The monoisotopic (exact) mass is 327 g/mol. The Hall–Kier alpha value is -2.42. The number of thiazole rings is 1. The van der Waals surface area contributed by atoms with Gasteiger partial charge < -0.3 is 4.74 Å². The van der Waals surface area contributed by atoms with E-state index in [1.54, 1.807) is 24.4 Å². The number of nitriles is 1. The highest BCUT2D eigenvalue weighted by Gasteiger charge is 2.08. The van der Waals surface area contributed by atoms with E-state index in [4.69, 9.17) is 21.6 Å². The molecule has 0 N–H and O–H groups in total. The molecule has 108 valence electrons. The van der Waals surface area contributed by atoms with Crippen LogP contribution in [0.3, 0.4) is 0 Å². The minimum atomic E-state index is 0.314. The number of aromatic nitrogens is 2. The fourth-order valence-electron chi connectivity index (χ4n) is 1.82. The van der Waals surface area contributed by atoms with Crippen molar-refractivity contribution in [2.45, 2.75) is 6.61 Å². The lowest BCUT2D eigenvalue weighted by Crippen LogP contribution is -1.96. The van der Waals surface area contributed by atoms with Gasteiger partial charge in [0.05, 0.1) is 28.0 Å². The lowest BCUT2D eigenvalue weighted by molar-refractivity contribution is 0.302. The van der Waals surface area contributed by atoms with Crippen molar-refractivity contribution in [2.24, 2.45) is 0 Å². The van der Waals surface area contributed by atoms with Crippen LogP contribution in [0.5, 0.6) is 5.75 Å². The molecule has 22 heavy (non-hydrogen) atoms. The Kier molecular flexibility index (Phi) is 4.33. The first-order valence-electron chi connectivity index (χ1n) is 6.44. The molecule has 2 heterocycles. The second-order valence-corrected chi connectivity index (χ2v) is 5.67. The van der Waals surface area contributed by atoms with Gasteiger partial charge in [-0.2, -0.15) is 5.26 Å². The maximum Gasteiger partial charge on any atom is 0.142 e. The lowest BCUT2D eigenvalue weighted by atomic mass is 10.2.